The number of hydrogen-bond acceptors (Lipinski definition) is 4. The number of aromatic nitrogens is 2. The number of rotatable bonds is 3. The van der Waals surface area contributed by atoms with Gasteiger partial charge in [-0.15, -0.1) is 0 Å². The third-order valence-electron chi connectivity index (χ3n) is 2.86. The van der Waals surface area contributed by atoms with Gasteiger partial charge in [-0.1, -0.05) is 51.4 Å². The Labute approximate surface area is 124 Å². The summed E-state index contributed by atoms with van der Waals surface area (Å²) < 4.78 is 6.06. The van der Waals surface area contributed by atoms with Crippen molar-refractivity contribution in [2.24, 2.45) is 0 Å². The second-order valence-corrected chi connectivity index (χ2v) is 5.26. The van der Waals surface area contributed by atoms with Gasteiger partial charge in [-0.25, -0.2) is 0 Å². The Kier molecular flexibility index (Phi) is 3.52. The van der Waals surface area contributed by atoms with Crippen molar-refractivity contribution in [2.75, 3.05) is 0 Å². The van der Waals surface area contributed by atoms with Crippen LogP contribution in [0.2, 0.25) is 0 Å². The third kappa shape index (κ3) is 2.72. The number of halogens is 1. The lowest BCUT2D eigenvalue weighted by Crippen LogP contribution is -1.90. The summed E-state index contributed by atoms with van der Waals surface area (Å²) in [6.45, 7) is 0. The number of nitrogens with zero attached hydrogens (tertiary/aromatic N) is 2. The van der Waals surface area contributed by atoms with Crippen LogP contribution >= 0.6 is 15.9 Å². The van der Waals surface area contributed by atoms with Gasteiger partial charge in [-0.3, -0.25) is 0 Å². The van der Waals surface area contributed by atoms with Gasteiger partial charge in [0.05, 0.1) is 5.56 Å². The standard InChI is InChI=1S/C15H11BrN2O2/c16-11-6-7-13(19)12(9-11)15-17-14(18-20-15)8-10-4-2-1-3-5-10/h1-7,9,19H,8H2. The molecule has 5 heteroatoms. The fourth-order valence-electron chi connectivity index (χ4n) is 1.89. The first-order valence-corrected chi connectivity index (χ1v) is 6.87. The maximum Gasteiger partial charge on any atom is 0.261 e. The first kappa shape index (κ1) is 12.9. The molecule has 0 saturated heterocycles. The molecule has 0 saturated carbocycles. The highest BCUT2D eigenvalue weighted by Crippen LogP contribution is 2.30. The highest BCUT2D eigenvalue weighted by atomic mass is 79.9. The molecule has 1 N–H and O–H groups in total. The van der Waals surface area contributed by atoms with Crippen LogP contribution < -0.4 is 0 Å². The zero-order chi connectivity index (χ0) is 13.9. The van der Waals surface area contributed by atoms with E-state index in [1.807, 2.05) is 30.3 Å². The van der Waals surface area contributed by atoms with E-state index in [9.17, 15) is 5.11 Å². The maximum atomic E-state index is 9.84. The average Bonchev–Trinajstić information content (AvgIpc) is 2.91. The van der Waals surface area contributed by atoms with E-state index in [0.29, 0.717) is 23.7 Å². The van der Waals surface area contributed by atoms with E-state index < -0.39 is 0 Å². The molecule has 0 fully saturated rings. The molecule has 20 heavy (non-hydrogen) atoms. The van der Waals surface area contributed by atoms with Crippen molar-refractivity contribution in [3.05, 3.63) is 64.4 Å². The van der Waals surface area contributed by atoms with Crippen molar-refractivity contribution in [3.63, 3.8) is 0 Å². The van der Waals surface area contributed by atoms with Crippen molar-refractivity contribution >= 4 is 15.9 Å². The topological polar surface area (TPSA) is 59.2 Å². The van der Waals surface area contributed by atoms with E-state index in [0.717, 1.165) is 10.0 Å². The molecule has 0 amide bonds. The molecular formula is C15H11BrN2O2. The summed E-state index contributed by atoms with van der Waals surface area (Å²) in [6.07, 6.45) is 0.596. The molecule has 1 heterocycles. The van der Waals surface area contributed by atoms with Gasteiger partial charge in [-0.05, 0) is 23.8 Å². The summed E-state index contributed by atoms with van der Waals surface area (Å²) in [5.41, 5.74) is 1.63. The number of benzene rings is 2. The summed E-state index contributed by atoms with van der Waals surface area (Å²) in [5.74, 6) is 1.02. The molecule has 0 radical (unpaired) electrons. The van der Waals surface area contributed by atoms with E-state index in [1.54, 1.807) is 18.2 Å². The van der Waals surface area contributed by atoms with Crippen LogP contribution in [0.5, 0.6) is 5.75 Å². The predicted molar refractivity (Wildman–Crippen MR) is 78.3 cm³/mol. The lowest BCUT2D eigenvalue weighted by molar-refractivity contribution is 0.418. The second-order valence-electron chi connectivity index (χ2n) is 4.34. The maximum absolute atomic E-state index is 9.84. The predicted octanol–water partition coefficient (Wildman–Crippen LogP) is 3.80. The summed E-state index contributed by atoms with van der Waals surface area (Å²) >= 11 is 3.35. The van der Waals surface area contributed by atoms with Crippen LogP contribution in [0, 0.1) is 0 Å². The number of aromatic hydroxyl groups is 1. The summed E-state index contributed by atoms with van der Waals surface area (Å²) in [6, 6.07) is 15.0. The third-order valence-corrected chi connectivity index (χ3v) is 3.36. The Balaban J connectivity index is 1.88. The lowest BCUT2D eigenvalue weighted by Gasteiger charge is -1.99. The quantitative estimate of drug-likeness (QED) is 0.793. The fraction of sp³-hybridized carbons (Fsp3) is 0.0667. The van der Waals surface area contributed by atoms with Gasteiger partial charge in [0.1, 0.15) is 5.75 Å². The van der Waals surface area contributed by atoms with Crippen molar-refractivity contribution in [3.8, 4) is 17.2 Å². The van der Waals surface area contributed by atoms with Crippen LogP contribution in [0.15, 0.2) is 57.5 Å². The van der Waals surface area contributed by atoms with Crippen LogP contribution in [-0.4, -0.2) is 15.2 Å². The molecule has 3 rings (SSSR count). The molecule has 0 aliphatic rings. The lowest BCUT2D eigenvalue weighted by atomic mass is 10.1. The van der Waals surface area contributed by atoms with E-state index in [1.165, 1.54) is 0 Å². The Morgan fingerprint density at radius 2 is 1.90 bits per heavy atom. The van der Waals surface area contributed by atoms with Crippen molar-refractivity contribution in [1.29, 1.82) is 0 Å². The highest BCUT2D eigenvalue weighted by Gasteiger charge is 2.13. The van der Waals surface area contributed by atoms with Gasteiger partial charge in [0.2, 0.25) is 0 Å². The Hall–Kier alpha value is -2.14. The van der Waals surface area contributed by atoms with Crippen LogP contribution in [-0.2, 0) is 6.42 Å². The van der Waals surface area contributed by atoms with Crippen LogP contribution in [0.1, 0.15) is 11.4 Å². The molecular weight excluding hydrogens is 320 g/mol. The zero-order valence-electron chi connectivity index (χ0n) is 10.5. The van der Waals surface area contributed by atoms with E-state index >= 15 is 0 Å². The molecule has 0 unspecified atom stereocenters. The zero-order valence-corrected chi connectivity index (χ0v) is 12.0. The molecule has 0 spiro atoms. The minimum absolute atomic E-state index is 0.114. The van der Waals surface area contributed by atoms with Crippen molar-refractivity contribution in [1.82, 2.24) is 10.1 Å². The molecule has 0 aliphatic heterocycles. The van der Waals surface area contributed by atoms with Crippen LogP contribution in [0.25, 0.3) is 11.5 Å². The smallest absolute Gasteiger partial charge is 0.261 e. The Morgan fingerprint density at radius 3 is 2.70 bits per heavy atom. The SMILES string of the molecule is Oc1ccc(Br)cc1-c1nc(Cc2ccccc2)no1. The van der Waals surface area contributed by atoms with Gasteiger partial charge in [-0.2, -0.15) is 4.98 Å². The van der Waals surface area contributed by atoms with Crippen LogP contribution in [0.3, 0.4) is 0 Å². The fourth-order valence-corrected chi connectivity index (χ4v) is 2.25. The number of phenolic OH excluding ortho intramolecular Hbond substituents is 1. The van der Waals surface area contributed by atoms with Crippen molar-refractivity contribution < 1.29 is 9.63 Å². The van der Waals surface area contributed by atoms with Crippen molar-refractivity contribution in [2.45, 2.75) is 6.42 Å². The van der Waals surface area contributed by atoms with E-state index in [4.69, 9.17) is 4.52 Å². The van der Waals surface area contributed by atoms with Crippen LogP contribution in [0.4, 0.5) is 0 Å². The number of hydrogen-bond donors (Lipinski definition) is 1. The summed E-state index contributed by atoms with van der Waals surface area (Å²) in [7, 11) is 0. The van der Waals surface area contributed by atoms with Gasteiger partial charge in [0.15, 0.2) is 5.82 Å². The normalized spacial score (nSPS) is 10.7. The molecule has 0 bridgehead atoms. The molecule has 3 aromatic rings. The highest BCUT2D eigenvalue weighted by molar-refractivity contribution is 9.10. The average molecular weight is 331 g/mol. The first-order valence-electron chi connectivity index (χ1n) is 6.08. The minimum Gasteiger partial charge on any atom is -0.507 e. The molecule has 0 atom stereocenters. The van der Waals surface area contributed by atoms with E-state index in [-0.39, 0.29) is 5.75 Å². The molecule has 100 valence electrons. The summed E-state index contributed by atoms with van der Waals surface area (Å²) in [5, 5.41) is 13.8. The first-order chi connectivity index (χ1) is 9.72. The Morgan fingerprint density at radius 1 is 1.10 bits per heavy atom. The monoisotopic (exact) mass is 330 g/mol. The largest absolute Gasteiger partial charge is 0.507 e. The summed E-state index contributed by atoms with van der Waals surface area (Å²) in [4.78, 5) is 4.32. The number of phenols is 1. The molecule has 2 aromatic carbocycles. The molecule has 4 nitrogen and oxygen atoms in total. The van der Waals surface area contributed by atoms with Gasteiger partial charge in [0, 0.05) is 10.9 Å². The van der Waals surface area contributed by atoms with Gasteiger partial charge >= 0.3 is 0 Å². The molecule has 1 aromatic heterocycles. The van der Waals surface area contributed by atoms with E-state index in [2.05, 4.69) is 26.1 Å². The minimum atomic E-state index is 0.114. The van der Waals surface area contributed by atoms with Gasteiger partial charge in [0.25, 0.3) is 5.89 Å². The second kappa shape index (κ2) is 5.46. The molecule has 0 aliphatic carbocycles. The Bertz CT molecular complexity index is 726. The van der Waals surface area contributed by atoms with Gasteiger partial charge < -0.3 is 9.63 Å².